The smallest absolute Gasteiger partial charge is 0.394 e. The molecule has 1 aliphatic heterocycles. The number of anilines is 1. The Labute approximate surface area is 118 Å². The summed E-state index contributed by atoms with van der Waals surface area (Å²) < 4.78 is 44.5. The van der Waals surface area contributed by atoms with Crippen LogP contribution in [-0.4, -0.2) is 24.7 Å². The lowest BCUT2D eigenvalue weighted by Crippen LogP contribution is -2.28. The van der Waals surface area contributed by atoms with Gasteiger partial charge in [0.1, 0.15) is 5.41 Å². The van der Waals surface area contributed by atoms with E-state index < -0.39 is 35.3 Å². The van der Waals surface area contributed by atoms with Crippen molar-refractivity contribution in [2.75, 3.05) is 11.9 Å². The standard InChI is InChI=1S/C14H12F3NO3/c1-2-21-11(19)9-10(14(15,16)17)13(9)7-5-3-4-6-8(7)18-12(13)20/h3-6,9-10H,2H2,1H3,(H,18,20)/t9?,10?,13-/m0/s1. The normalized spacial score (nSPS) is 30.0. The molecule has 7 heteroatoms. The fourth-order valence-corrected chi connectivity index (χ4v) is 3.31. The molecule has 3 atom stereocenters. The lowest BCUT2D eigenvalue weighted by molar-refractivity contribution is -0.164. The summed E-state index contributed by atoms with van der Waals surface area (Å²) in [4.78, 5) is 24.0. The van der Waals surface area contributed by atoms with Gasteiger partial charge in [0.2, 0.25) is 5.91 Å². The maximum atomic E-state index is 13.3. The first-order valence-corrected chi connectivity index (χ1v) is 6.49. The number of ether oxygens (including phenoxy) is 1. The molecule has 1 fully saturated rings. The topological polar surface area (TPSA) is 55.4 Å². The molecule has 1 aliphatic carbocycles. The molecule has 112 valence electrons. The number of carbonyl (C=O) groups is 2. The summed E-state index contributed by atoms with van der Waals surface area (Å²) in [6.45, 7) is 1.48. The van der Waals surface area contributed by atoms with Gasteiger partial charge in [-0.1, -0.05) is 18.2 Å². The van der Waals surface area contributed by atoms with Crippen LogP contribution in [0.5, 0.6) is 0 Å². The van der Waals surface area contributed by atoms with Crippen LogP contribution < -0.4 is 5.32 Å². The monoisotopic (exact) mass is 299 g/mol. The third kappa shape index (κ3) is 1.69. The fourth-order valence-electron chi connectivity index (χ4n) is 3.31. The third-order valence-corrected chi connectivity index (χ3v) is 4.10. The summed E-state index contributed by atoms with van der Waals surface area (Å²) in [6, 6.07) is 6.14. The number of amides is 1. The molecule has 1 N–H and O–H groups in total. The zero-order valence-electron chi connectivity index (χ0n) is 11.0. The van der Waals surface area contributed by atoms with E-state index in [1.807, 2.05) is 0 Å². The van der Waals surface area contributed by atoms with Crippen LogP contribution in [0, 0.1) is 11.8 Å². The number of fused-ring (bicyclic) bond motifs is 2. The summed E-state index contributed by atoms with van der Waals surface area (Å²) in [7, 11) is 0. The number of hydrogen-bond donors (Lipinski definition) is 1. The number of nitrogens with one attached hydrogen (secondary N) is 1. The van der Waals surface area contributed by atoms with Gasteiger partial charge in [-0.15, -0.1) is 0 Å². The number of para-hydroxylation sites is 1. The average Bonchev–Trinajstić information content (AvgIpc) is 3.03. The predicted molar refractivity (Wildman–Crippen MR) is 66.4 cm³/mol. The summed E-state index contributed by atoms with van der Waals surface area (Å²) in [5.41, 5.74) is -1.33. The summed E-state index contributed by atoms with van der Waals surface area (Å²) in [5.74, 6) is -5.32. The van der Waals surface area contributed by atoms with Gasteiger partial charge in [-0.25, -0.2) is 0 Å². The second kappa shape index (κ2) is 4.22. The van der Waals surface area contributed by atoms with E-state index in [2.05, 4.69) is 5.32 Å². The molecule has 0 aromatic heterocycles. The Hall–Kier alpha value is -2.05. The van der Waals surface area contributed by atoms with E-state index in [0.717, 1.165) is 0 Å². The van der Waals surface area contributed by atoms with Crippen molar-refractivity contribution in [1.29, 1.82) is 0 Å². The average molecular weight is 299 g/mol. The quantitative estimate of drug-likeness (QED) is 0.852. The number of benzene rings is 1. The van der Waals surface area contributed by atoms with Crippen LogP contribution in [0.4, 0.5) is 18.9 Å². The first-order chi connectivity index (χ1) is 9.85. The van der Waals surface area contributed by atoms with Gasteiger partial charge in [0.15, 0.2) is 0 Å². The largest absolute Gasteiger partial charge is 0.466 e. The highest BCUT2D eigenvalue weighted by atomic mass is 19.4. The Morgan fingerprint density at radius 1 is 1.38 bits per heavy atom. The minimum absolute atomic E-state index is 0.0285. The molecule has 1 saturated carbocycles. The summed E-state index contributed by atoms with van der Waals surface area (Å²) >= 11 is 0. The summed E-state index contributed by atoms with van der Waals surface area (Å²) in [5, 5.41) is 2.43. The molecule has 4 nitrogen and oxygen atoms in total. The molecule has 1 amide bonds. The van der Waals surface area contributed by atoms with E-state index in [1.165, 1.54) is 19.1 Å². The lowest BCUT2D eigenvalue weighted by atomic mass is 9.93. The van der Waals surface area contributed by atoms with Crippen LogP contribution in [0.2, 0.25) is 0 Å². The van der Waals surface area contributed by atoms with E-state index in [4.69, 9.17) is 4.74 Å². The Morgan fingerprint density at radius 3 is 2.67 bits per heavy atom. The third-order valence-electron chi connectivity index (χ3n) is 4.10. The Morgan fingerprint density at radius 2 is 2.05 bits per heavy atom. The Balaban J connectivity index is 2.11. The van der Waals surface area contributed by atoms with Crippen LogP contribution in [0.15, 0.2) is 24.3 Å². The van der Waals surface area contributed by atoms with Crippen LogP contribution in [0.25, 0.3) is 0 Å². The fraction of sp³-hybridized carbons (Fsp3) is 0.429. The van der Waals surface area contributed by atoms with Gasteiger partial charge in [-0.05, 0) is 18.6 Å². The molecule has 0 radical (unpaired) electrons. The molecule has 3 rings (SSSR count). The van der Waals surface area contributed by atoms with Gasteiger partial charge in [0.25, 0.3) is 0 Å². The second-order valence-corrected chi connectivity index (χ2v) is 5.12. The number of alkyl halides is 3. The highest BCUT2D eigenvalue weighted by Gasteiger charge is 2.84. The maximum absolute atomic E-state index is 13.3. The number of carbonyl (C=O) groups excluding carboxylic acids is 2. The first kappa shape index (κ1) is 13.9. The Bertz CT molecular complexity index is 628. The molecule has 21 heavy (non-hydrogen) atoms. The van der Waals surface area contributed by atoms with Crippen molar-refractivity contribution in [2.45, 2.75) is 18.5 Å². The van der Waals surface area contributed by atoms with Crippen LogP contribution in [0.1, 0.15) is 12.5 Å². The minimum atomic E-state index is -4.65. The number of halogens is 3. The molecule has 1 spiro atoms. The van der Waals surface area contributed by atoms with Crippen LogP contribution in [-0.2, 0) is 19.7 Å². The molecular formula is C14H12F3NO3. The predicted octanol–water partition coefficient (Wildman–Crippen LogP) is 2.25. The number of rotatable bonds is 2. The zero-order valence-corrected chi connectivity index (χ0v) is 11.0. The van der Waals surface area contributed by atoms with Crippen molar-refractivity contribution in [3.05, 3.63) is 29.8 Å². The van der Waals surface area contributed by atoms with Gasteiger partial charge in [-0.3, -0.25) is 9.59 Å². The molecule has 1 heterocycles. The van der Waals surface area contributed by atoms with Crippen molar-refractivity contribution in [3.63, 3.8) is 0 Å². The van der Waals surface area contributed by atoms with Crippen molar-refractivity contribution in [2.24, 2.45) is 11.8 Å². The molecule has 1 aromatic rings. The highest BCUT2D eigenvalue weighted by molar-refractivity contribution is 6.13. The molecular weight excluding hydrogens is 287 g/mol. The SMILES string of the molecule is CCOC(=O)C1C(C(F)(F)F)[C@@]12C(=O)Nc1ccccc12. The van der Waals surface area contributed by atoms with E-state index in [-0.39, 0.29) is 12.2 Å². The number of esters is 1. The molecule has 2 unspecified atom stereocenters. The maximum Gasteiger partial charge on any atom is 0.394 e. The minimum Gasteiger partial charge on any atom is -0.466 e. The molecule has 2 aliphatic rings. The van der Waals surface area contributed by atoms with Crippen molar-refractivity contribution in [3.8, 4) is 0 Å². The van der Waals surface area contributed by atoms with Gasteiger partial charge < -0.3 is 10.1 Å². The zero-order chi connectivity index (χ0) is 15.4. The highest BCUT2D eigenvalue weighted by Crippen LogP contribution is 2.69. The first-order valence-electron chi connectivity index (χ1n) is 6.49. The van der Waals surface area contributed by atoms with Gasteiger partial charge in [0, 0.05) is 5.69 Å². The van der Waals surface area contributed by atoms with Crippen LogP contribution in [0.3, 0.4) is 0 Å². The van der Waals surface area contributed by atoms with E-state index >= 15 is 0 Å². The van der Waals surface area contributed by atoms with Crippen molar-refractivity contribution >= 4 is 17.6 Å². The van der Waals surface area contributed by atoms with Crippen molar-refractivity contribution in [1.82, 2.24) is 0 Å². The molecule has 1 aromatic carbocycles. The molecule has 0 saturated heterocycles. The van der Waals surface area contributed by atoms with E-state index in [1.54, 1.807) is 12.1 Å². The van der Waals surface area contributed by atoms with Gasteiger partial charge in [0.05, 0.1) is 18.4 Å². The van der Waals surface area contributed by atoms with E-state index in [0.29, 0.717) is 5.69 Å². The van der Waals surface area contributed by atoms with Gasteiger partial charge >= 0.3 is 12.1 Å². The van der Waals surface area contributed by atoms with E-state index in [9.17, 15) is 22.8 Å². The number of hydrogen-bond acceptors (Lipinski definition) is 3. The lowest BCUT2D eigenvalue weighted by Gasteiger charge is -2.10. The van der Waals surface area contributed by atoms with Crippen LogP contribution >= 0.6 is 0 Å². The second-order valence-electron chi connectivity index (χ2n) is 5.12. The van der Waals surface area contributed by atoms with Crippen molar-refractivity contribution < 1.29 is 27.5 Å². The Kier molecular flexibility index (Phi) is 2.80. The van der Waals surface area contributed by atoms with Gasteiger partial charge in [-0.2, -0.15) is 13.2 Å². The molecule has 0 bridgehead atoms. The summed E-state index contributed by atoms with van der Waals surface area (Å²) in [6.07, 6.45) is -4.65.